The molecule has 0 saturated carbocycles. The zero-order valence-corrected chi connectivity index (χ0v) is 14.2. The van der Waals surface area contributed by atoms with Gasteiger partial charge in [0.05, 0.1) is 4.90 Å². The van der Waals surface area contributed by atoms with Crippen molar-refractivity contribution < 1.29 is 12.8 Å². The molecular formula is C16H26FNO2S. The van der Waals surface area contributed by atoms with Crippen LogP contribution in [0.15, 0.2) is 17.0 Å². The Bertz CT molecular complexity index is 547. The van der Waals surface area contributed by atoms with Gasteiger partial charge >= 0.3 is 0 Å². The zero-order chi connectivity index (χ0) is 16.0. The Balaban J connectivity index is 3.04. The van der Waals surface area contributed by atoms with Crippen molar-refractivity contribution in [2.24, 2.45) is 0 Å². The largest absolute Gasteiger partial charge is 0.241 e. The summed E-state index contributed by atoms with van der Waals surface area (Å²) in [5.74, 6) is -0.403. The van der Waals surface area contributed by atoms with Gasteiger partial charge in [0, 0.05) is 6.04 Å². The van der Waals surface area contributed by atoms with Crippen molar-refractivity contribution in [1.82, 2.24) is 4.72 Å². The average molecular weight is 315 g/mol. The highest BCUT2D eigenvalue weighted by Crippen LogP contribution is 2.22. The van der Waals surface area contributed by atoms with Crippen LogP contribution in [0.3, 0.4) is 0 Å². The summed E-state index contributed by atoms with van der Waals surface area (Å²) < 4.78 is 41.3. The SMILES string of the molecule is CCCCC(CCC)NS(=O)(=O)c1c(C)cc(F)cc1C. The Labute approximate surface area is 128 Å². The normalized spacial score (nSPS) is 13.4. The van der Waals surface area contributed by atoms with Crippen LogP contribution in [0.4, 0.5) is 4.39 Å². The van der Waals surface area contributed by atoms with Crippen LogP contribution in [-0.4, -0.2) is 14.5 Å². The van der Waals surface area contributed by atoms with Gasteiger partial charge in [0.25, 0.3) is 0 Å². The Hall–Kier alpha value is -0.940. The molecular weight excluding hydrogens is 289 g/mol. The van der Waals surface area contributed by atoms with Gasteiger partial charge in [-0.1, -0.05) is 33.1 Å². The first-order chi connectivity index (χ1) is 9.81. The van der Waals surface area contributed by atoms with Gasteiger partial charge in [0.15, 0.2) is 0 Å². The van der Waals surface area contributed by atoms with Crippen LogP contribution in [0.25, 0.3) is 0 Å². The topological polar surface area (TPSA) is 46.2 Å². The van der Waals surface area contributed by atoms with E-state index in [1.165, 1.54) is 12.1 Å². The van der Waals surface area contributed by atoms with Gasteiger partial charge in [-0.05, 0) is 49.9 Å². The number of aryl methyl sites for hydroxylation is 2. The Morgan fingerprint density at radius 3 is 2.14 bits per heavy atom. The van der Waals surface area contributed by atoms with Gasteiger partial charge in [-0.15, -0.1) is 0 Å². The Kier molecular flexibility index (Phi) is 6.81. The van der Waals surface area contributed by atoms with Crippen LogP contribution in [0.5, 0.6) is 0 Å². The molecule has 0 saturated heterocycles. The second-order valence-electron chi connectivity index (χ2n) is 5.62. The predicted molar refractivity (Wildman–Crippen MR) is 84.4 cm³/mol. The van der Waals surface area contributed by atoms with Crippen LogP contribution >= 0.6 is 0 Å². The highest BCUT2D eigenvalue weighted by Gasteiger charge is 2.23. The monoisotopic (exact) mass is 315 g/mol. The molecule has 21 heavy (non-hydrogen) atoms. The molecule has 1 aromatic rings. The number of hydrogen-bond acceptors (Lipinski definition) is 2. The molecule has 1 rings (SSSR count). The molecule has 0 aliphatic heterocycles. The summed E-state index contributed by atoms with van der Waals surface area (Å²) in [6.07, 6.45) is 4.62. The van der Waals surface area contributed by atoms with E-state index in [0.29, 0.717) is 11.1 Å². The van der Waals surface area contributed by atoms with Crippen LogP contribution < -0.4 is 4.72 Å². The van der Waals surface area contributed by atoms with Crippen molar-refractivity contribution in [3.8, 4) is 0 Å². The number of rotatable bonds is 8. The fraction of sp³-hybridized carbons (Fsp3) is 0.625. The summed E-state index contributed by atoms with van der Waals surface area (Å²) in [6, 6.07) is 2.48. The van der Waals surface area contributed by atoms with Gasteiger partial charge < -0.3 is 0 Å². The molecule has 120 valence electrons. The molecule has 0 bridgehead atoms. The minimum absolute atomic E-state index is 0.0520. The van der Waals surface area contributed by atoms with Crippen molar-refractivity contribution in [2.75, 3.05) is 0 Å². The van der Waals surface area contributed by atoms with Gasteiger partial charge in [-0.25, -0.2) is 17.5 Å². The number of nitrogens with one attached hydrogen (secondary N) is 1. The molecule has 0 radical (unpaired) electrons. The number of unbranched alkanes of at least 4 members (excludes halogenated alkanes) is 1. The second-order valence-corrected chi connectivity index (χ2v) is 7.27. The minimum atomic E-state index is -3.61. The molecule has 0 aliphatic carbocycles. The first-order valence-electron chi connectivity index (χ1n) is 7.60. The fourth-order valence-electron chi connectivity index (χ4n) is 2.66. The van der Waals surface area contributed by atoms with Crippen LogP contribution in [0.2, 0.25) is 0 Å². The molecule has 0 fully saturated rings. The van der Waals surface area contributed by atoms with Crippen molar-refractivity contribution in [3.63, 3.8) is 0 Å². The summed E-state index contributed by atoms with van der Waals surface area (Å²) in [4.78, 5) is 0.210. The lowest BCUT2D eigenvalue weighted by Crippen LogP contribution is -2.35. The van der Waals surface area contributed by atoms with E-state index < -0.39 is 15.8 Å². The number of hydrogen-bond donors (Lipinski definition) is 1. The first-order valence-corrected chi connectivity index (χ1v) is 9.09. The molecule has 0 heterocycles. The molecule has 3 nitrogen and oxygen atoms in total. The maximum atomic E-state index is 13.3. The minimum Gasteiger partial charge on any atom is -0.208 e. The van der Waals surface area contributed by atoms with Crippen molar-refractivity contribution in [2.45, 2.75) is 70.7 Å². The average Bonchev–Trinajstić information content (AvgIpc) is 2.34. The molecule has 5 heteroatoms. The predicted octanol–water partition coefficient (Wildman–Crippen LogP) is 4.08. The number of benzene rings is 1. The summed E-state index contributed by atoms with van der Waals surface area (Å²) in [5, 5.41) is 0. The zero-order valence-electron chi connectivity index (χ0n) is 13.4. The van der Waals surface area contributed by atoms with Gasteiger partial charge in [0.1, 0.15) is 5.82 Å². The van der Waals surface area contributed by atoms with Gasteiger partial charge in [-0.3, -0.25) is 0 Å². The summed E-state index contributed by atoms with van der Waals surface area (Å²) >= 11 is 0. The van der Waals surface area contributed by atoms with Crippen molar-refractivity contribution in [3.05, 3.63) is 29.1 Å². The van der Waals surface area contributed by atoms with Gasteiger partial charge in [0.2, 0.25) is 10.0 Å². The van der Waals surface area contributed by atoms with E-state index in [9.17, 15) is 12.8 Å². The van der Waals surface area contributed by atoms with E-state index in [1.54, 1.807) is 13.8 Å². The molecule has 0 amide bonds. The van der Waals surface area contributed by atoms with E-state index >= 15 is 0 Å². The van der Waals surface area contributed by atoms with Crippen LogP contribution in [0, 0.1) is 19.7 Å². The fourth-order valence-corrected chi connectivity index (χ4v) is 4.42. The number of sulfonamides is 1. The Morgan fingerprint density at radius 2 is 1.67 bits per heavy atom. The summed E-state index contributed by atoms with van der Waals surface area (Å²) in [7, 11) is -3.61. The summed E-state index contributed by atoms with van der Waals surface area (Å²) in [6.45, 7) is 7.39. The highest BCUT2D eigenvalue weighted by atomic mass is 32.2. The number of halogens is 1. The first kappa shape index (κ1) is 18.1. The molecule has 1 atom stereocenters. The van der Waals surface area contributed by atoms with Crippen LogP contribution in [0.1, 0.15) is 57.1 Å². The highest BCUT2D eigenvalue weighted by molar-refractivity contribution is 7.89. The lowest BCUT2D eigenvalue weighted by Gasteiger charge is -2.20. The van der Waals surface area contributed by atoms with E-state index in [-0.39, 0.29) is 10.9 Å². The molecule has 0 spiro atoms. The maximum Gasteiger partial charge on any atom is 0.241 e. The third-order valence-electron chi connectivity index (χ3n) is 3.56. The quantitative estimate of drug-likeness (QED) is 0.785. The second kappa shape index (κ2) is 7.90. The van der Waals surface area contributed by atoms with E-state index in [0.717, 1.165) is 32.1 Å². The molecule has 0 aliphatic rings. The lowest BCUT2D eigenvalue weighted by molar-refractivity contribution is 0.483. The molecule has 1 aromatic carbocycles. The maximum absolute atomic E-state index is 13.3. The molecule has 1 unspecified atom stereocenters. The molecule has 0 aromatic heterocycles. The standard InChI is InChI=1S/C16H26FNO2S/c1-5-7-9-15(8-6-2)18-21(19,20)16-12(3)10-14(17)11-13(16)4/h10-11,15,18H,5-9H2,1-4H3. The third-order valence-corrected chi connectivity index (χ3v) is 5.38. The third kappa shape index (κ3) is 5.08. The smallest absolute Gasteiger partial charge is 0.208 e. The van der Waals surface area contributed by atoms with Crippen molar-refractivity contribution in [1.29, 1.82) is 0 Å². The van der Waals surface area contributed by atoms with E-state index in [2.05, 4.69) is 11.6 Å². The Morgan fingerprint density at radius 1 is 1.10 bits per heavy atom. The summed E-state index contributed by atoms with van der Waals surface area (Å²) in [5.41, 5.74) is 0.900. The van der Waals surface area contributed by atoms with Crippen molar-refractivity contribution >= 4 is 10.0 Å². The van der Waals surface area contributed by atoms with Crippen LogP contribution in [-0.2, 0) is 10.0 Å². The van der Waals surface area contributed by atoms with E-state index in [1.807, 2.05) is 6.92 Å². The molecule has 1 N–H and O–H groups in total. The van der Waals surface area contributed by atoms with E-state index in [4.69, 9.17) is 0 Å². The van der Waals surface area contributed by atoms with Gasteiger partial charge in [-0.2, -0.15) is 0 Å². The lowest BCUT2D eigenvalue weighted by atomic mass is 10.1.